The lowest BCUT2D eigenvalue weighted by atomic mass is 10.1. The number of ether oxygens (including phenoxy) is 1. The number of nitrogens with zero attached hydrogens (tertiary/aromatic N) is 2. The van der Waals surface area contributed by atoms with Crippen molar-refractivity contribution in [1.29, 1.82) is 0 Å². The van der Waals surface area contributed by atoms with Crippen LogP contribution >= 0.6 is 0 Å². The normalized spacial score (nSPS) is 14.0. The monoisotopic (exact) mass is 496 g/mol. The molecule has 0 saturated carbocycles. The average Bonchev–Trinajstić information content (AvgIpc) is 3.40. The number of benzene rings is 2. The second-order valence-corrected chi connectivity index (χ2v) is 10.1. The van der Waals surface area contributed by atoms with E-state index < -0.39 is 15.7 Å². The molecule has 1 saturated heterocycles. The van der Waals surface area contributed by atoms with E-state index in [0.717, 1.165) is 31.5 Å². The van der Waals surface area contributed by atoms with Crippen LogP contribution in [0, 0.1) is 0 Å². The minimum Gasteiger partial charge on any atom is -0.497 e. The lowest BCUT2D eigenvalue weighted by Crippen LogP contribution is -2.23. The number of hydrogen-bond donors (Lipinski definition) is 3. The van der Waals surface area contributed by atoms with E-state index in [1.807, 2.05) is 6.07 Å². The first-order chi connectivity index (χ1) is 16.9. The van der Waals surface area contributed by atoms with Crippen LogP contribution < -0.4 is 15.5 Å². The number of pyridine rings is 1. The third-order valence-electron chi connectivity index (χ3n) is 6.02. The van der Waals surface area contributed by atoms with Gasteiger partial charge in [0.05, 0.1) is 23.3 Å². The van der Waals surface area contributed by atoms with Crippen LogP contribution in [0.25, 0.3) is 0 Å². The summed E-state index contributed by atoms with van der Waals surface area (Å²) in [5, 5.41) is 12.4. The highest BCUT2D eigenvalue weighted by Gasteiger charge is 2.24. The van der Waals surface area contributed by atoms with Gasteiger partial charge in [-0.2, -0.15) is 0 Å². The number of likely N-dealkylation sites (tertiary alicyclic amines) is 1. The number of sulfone groups is 1. The van der Waals surface area contributed by atoms with E-state index in [1.165, 1.54) is 25.4 Å². The first-order valence-electron chi connectivity index (χ1n) is 11.3. The Balaban J connectivity index is 1.65. The summed E-state index contributed by atoms with van der Waals surface area (Å²) < 4.78 is 31.8. The first-order valence-corrected chi connectivity index (χ1v) is 12.8. The van der Waals surface area contributed by atoms with Gasteiger partial charge in [0.15, 0.2) is 5.03 Å². The molecule has 9 nitrogen and oxygen atoms in total. The molecule has 1 aromatic heterocycles. The predicted molar refractivity (Wildman–Crippen MR) is 130 cm³/mol. The lowest BCUT2D eigenvalue weighted by Gasteiger charge is -2.21. The molecule has 0 atom stereocenters. The van der Waals surface area contributed by atoms with E-state index >= 15 is 0 Å². The van der Waals surface area contributed by atoms with Crippen LogP contribution in [0.3, 0.4) is 0 Å². The summed E-state index contributed by atoms with van der Waals surface area (Å²) in [5.74, 6) is -0.0933. The number of carbonyl (C=O) groups excluding carboxylic acids is 1. The molecule has 2 heterocycles. The van der Waals surface area contributed by atoms with Crippen LogP contribution in [0.2, 0.25) is 0 Å². The smallest absolute Gasteiger partial charge is 0.276 e. The molecule has 3 N–H and O–H groups in total. The van der Waals surface area contributed by atoms with Gasteiger partial charge in [-0.25, -0.2) is 18.9 Å². The standard InChI is InChI=1S/C25H28N4O5S/c1-34-20-9-11-21(12-10-20)35(32,33)25-18(7-5-13-26-25)16-27-23-19(17-29-14-2-3-15-29)6-4-8-22(23)24(30)28-31/h4-13,27,31H,2-3,14-17H2,1H3,(H,28,30). The van der Waals surface area contributed by atoms with Crippen molar-refractivity contribution in [3.63, 3.8) is 0 Å². The number of nitrogens with one attached hydrogen (secondary N) is 2. The number of aromatic nitrogens is 1. The SMILES string of the molecule is COc1ccc(S(=O)(=O)c2ncccc2CNc2c(CN3CCCC3)cccc2C(=O)NO)cc1. The summed E-state index contributed by atoms with van der Waals surface area (Å²) in [5.41, 5.74) is 3.85. The number of methoxy groups -OCH3 is 1. The Morgan fingerprint density at radius 3 is 2.46 bits per heavy atom. The van der Waals surface area contributed by atoms with Gasteiger partial charge >= 0.3 is 0 Å². The minimum absolute atomic E-state index is 0.0668. The molecule has 35 heavy (non-hydrogen) atoms. The van der Waals surface area contributed by atoms with E-state index in [4.69, 9.17) is 4.74 Å². The summed E-state index contributed by atoms with van der Waals surface area (Å²) in [7, 11) is -2.38. The molecule has 1 fully saturated rings. The van der Waals surface area contributed by atoms with Gasteiger partial charge in [0, 0.05) is 24.8 Å². The molecule has 1 aliphatic heterocycles. The predicted octanol–water partition coefficient (Wildman–Crippen LogP) is 3.25. The fourth-order valence-corrected chi connectivity index (χ4v) is 5.63. The Morgan fingerprint density at radius 1 is 1.06 bits per heavy atom. The third kappa shape index (κ3) is 5.45. The van der Waals surface area contributed by atoms with Crippen LogP contribution in [0.5, 0.6) is 5.75 Å². The maximum Gasteiger partial charge on any atom is 0.276 e. The summed E-state index contributed by atoms with van der Waals surface area (Å²) in [6, 6.07) is 14.8. The maximum atomic E-state index is 13.3. The third-order valence-corrected chi connectivity index (χ3v) is 7.79. The number of amides is 1. The van der Waals surface area contributed by atoms with Crippen molar-refractivity contribution in [3.8, 4) is 5.75 Å². The van der Waals surface area contributed by atoms with Crippen molar-refractivity contribution in [1.82, 2.24) is 15.4 Å². The zero-order chi connectivity index (χ0) is 24.8. The molecule has 0 unspecified atom stereocenters. The van der Waals surface area contributed by atoms with Crippen molar-refractivity contribution in [2.24, 2.45) is 0 Å². The van der Waals surface area contributed by atoms with Crippen LogP contribution in [0.4, 0.5) is 5.69 Å². The van der Waals surface area contributed by atoms with Gasteiger partial charge in [-0.05, 0) is 67.9 Å². The van der Waals surface area contributed by atoms with Gasteiger partial charge in [0.25, 0.3) is 5.91 Å². The van der Waals surface area contributed by atoms with Crippen LogP contribution in [0.15, 0.2) is 70.7 Å². The highest BCUT2D eigenvalue weighted by atomic mass is 32.2. The highest BCUT2D eigenvalue weighted by molar-refractivity contribution is 7.91. The van der Waals surface area contributed by atoms with E-state index in [0.29, 0.717) is 23.5 Å². The first kappa shape index (κ1) is 24.6. The molecule has 0 aliphatic carbocycles. The topological polar surface area (TPSA) is 121 Å². The zero-order valence-electron chi connectivity index (χ0n) is 19.4. The maximum absolute atomic E-state index is 13.3. The lowest BCUT2D eigenvalue weighted by molar-refractivity contribution is 0.0707. The second-order valence-electron chi connectivity index (χ2n) is 8.26. The molecule has 184 valence electrons. The number of carbonyl (C=O) groups is 1. The Kier molecular flexibility index (Phi) is 7.64. The average molecular weight is 497 g/mol. The number of anilines is 1. The molecule has 10 heteroatoms. The van der Waals surface area contributed by atoms with E-state index in [-0.39, 0.29) is 22.0 Å². The van der Waals surface area contributed by atoms with Gasteiger partial charge in [0.2, 0.25) is 9.84 Å². The van der Waals surface area contributed by atoms with Crippen molar-refractivity contribution in [2.75, 3.05) is 25.5 Å². The molecular formula is C25H28N4O5S. The van der Waals surface area contributed by atoms with E-state index in [9.17, 15) is 18.4 Å². The molecule has 1 aliphatic rings. The van der Waals surface area contributed by atoms with Crippen molar-refractivity contribution >= 4 is 21.4 Å². The van der Waals surface area contributed by atoms with Crippen molar-refractivity contribution in [2.45, 2.75) is 35.9 Å². The fourth-order valence-electron chi connectivity index (χ4n) is 4.22. The van der Waals surface area contributed by atoms with Gasteiger partial charge in [-0.1, -0.05) is 18.2 Å². The second kappa shape index (κ2) is 10.9. The van der Waals surface area contributed by atoms with Crippen molar-refractivity contribution < 1.29 is 23.2 Å². The summed E-state index contributed by atoms with van der Waals surface area (Å²) in [6.07, 6.45) is 3.69. The number of hydrogen-bond acceptors (Lipinski definition) is 8. The molecule has 0 spiro atoms. The molecule has 3 aromatic rings. The zero-order valence-corrected chi connectivity index (χ0v) is 20.2. The Hall–Kier alpha value is -3.47. The molecule has 2 aromatic carbocycles. The quantitative estimate of drug-likeness (QED) is 0.305. The summed E-state index contributed by atoms with van der Waals surface area (Å²) in [6.45, 7) is 2.70. The number of rotatable bonds is 9. The van der Waals surface area contributed by atoms with Gasteiger partial charge in [-0.15, -0.1) is 0 Å². The minimum atomic E-state index is -3.89. The number of para-hydroxylation sites is 1. The van der Waals surface area contributed by atoms with Gasteiger partial charge < -0.3 is 10.1 Å². The summed E-state index contributed by atoms with van der Waals surface area (Å²) in [4.78, 5) is 18.9. The van der Waals surface area contributed by atoms with Crippen LogP contribution in [0.1, 0.15) is 34.3 Å². The molecular weight excluding hydrogens is 468 g/mol. The van der Waals surface area contributed by atoms with E-state index in [1.54, 1.807) is 41.9 Å². The summed E-state index contributed by atoms with van der Waals surface area (Å²) >= 11 is 0. The molecule has 0 radical (unpaired) electrons. The highest BCUT2D eigenvalue weighted by Crippen LogP contribution is 2.28. The molecule has 0 bridgehead atoms. The van der Waals surface area contributed by atoms with E-state index in [2.05, 4.69) is 15.2 Å². The largest absolute Gasteiger partial charge is 0.497 e. The Bertz CT molecular complexity index is 1290. The van der Waals surface area contributed by atoms with Gasteiger partial charge in [-0.3, -0.25) is 14.9 Å². The molecule has 4 rings (SSSR count). The van der Waals surface area contributed by atoms with Crippen LogP contribution in [-0.4, -0.2) is 49.6 Å². The van der Waals surface area contributed by atoms with Crippen LogP contribution in [-0.2, 0) is 22.9 Å². The van der Waals surface area contributed by atoms with Gasteiger partial charge in [0.1, 0.15) is 5.75 Å². The number of hydroxylamine groups is 1. The fraction of sp³-hybridized carbons (Fsp3) is 0.280. The van der Waals surface area contributed by atoms with Crippen molar-refractivity contribution in [3.05, 3.63) is 77.5 Å². The Labute approximate surface area is 204 Å². The molecule has 1 amide bonds. The Morgan fingerprint density at radius 2 is 1.77 bits per heavy atom.